The van der Waals surface area contributed by atoms with Gasteiger partial charge in [0.1, 0.15) is 0 Å². The number of hydrogen-bond donors (Lipinski definition) is 0. The molecule has 3 aromatic carbocycles. The maximum atomic E-state index is 13.2. The van der Waals surface area contributed by atoms with Crippen molar-refractivity contribution >= 4 is 28.7 Å². The lowest BCUT2D eigenvalue weighted by molar-refractivity contribution is -0.134. The first-order valence-corrected chi connectivity index (χ1v) is 9.69. The number of carbonyl (C=O) groups is 2. The van der Waals surface area contributed by atoms with E-state index in [0.29, 0.717) is 12.0 Å². The first-order valence-electron chi connectivity index (χ1n) is 9.69. The van der Waals surface area contributed by atoms with Gasteiger partial charge in [0, 0.05) is 35.3 Å². The van der Waals surface area contributed by atoms with Crippen LogP contribution in [0, 0.1) is 0 Å². The second-order valence-electron chi connectivity index (χ2n) is 6.97. The van der Waals surface area contributed by atoms with Gasteiger partial charge in [-0.05, 0) is 41.5 Å². The lowest BCUT2D eigenvalue weighted by Gasteiger charge is -2.05. The Hall–Kier alpha value is -3.92. The molecule has 0 spiro atoms. The predicted molar refractivity (Wildman–Crippen MR) is 119 cm³/mol. The number of esters is 1. The molecule has 0 aliphatic rings. The Morgan fingerprint density at radius 3 is 2.33 bits per heavy atom. The van der Waals surface area contributed by atoms with E-state index in [1.165, 1.54) is 13.2 Å². The van der Waals surface area contributed by atoms with E-state index in [2.05, 4.69) is 4.74 Å². The summed E-state index contributed by atoms with van der Waals surface area (Å²) in [5, 5.41) is 0.854. The number of para-hydroxylation sites is 1. The number of fused-ring (bicyclic) bond motifs is 1. The number of ether oxygens (including phenoxy) is 1. The summed E-state index contributed by atoms with van der Waals surface area (Å²) in [4.78, 5) is 24.6. The molecule has 148 valence electrons. The molecule has 0 bridgehead atoms. The van der Waals surface area contributed by atoms with Gasteiger partial charge in [-0.3, -0.25) is 4.79 Å². The minimum atomic E-state index is -0.419. The van der Waals surface area contributed by atoms with Crippen molar-refractivity contribution in [2.24, 2.45) is 0 Å². The van der Waals surface area contributed by atoms with Crippen LogP contribution in [0.1, 0.15) is 21.5 Å². The van der Waals surface area contributed by atoms with Crippen molar-refractivity contribution in [3.8, 4) is 5.69 Å². The summed E-state index contributed by atoms with van der Waals surface area (Å²) in [6, 6.07) is 25.5. The number of carbonyl (C=O) groups excluding carboxylic acids is 2. The molecule has 30 heavy (non-hydrogen) atoms. The average molecular weight is 395 g/mol. The molecule has 0 unspecified atom stereocenters. The molecule has 0 atom stereocenters. The van der Waals surface area contributed by atoms with Gasteiger partial charge in [-0.1, -0.05) is 54.6 Å². The standard InChI is InChI=1S/C26H21NO3/c1-30-26(29)15-13-20-12-14-24-22(16-20)23(18-27(24)21-10-6-3-7-11-21)25(28)17-19-8-4-2-5-9-19/h2-16,18H,17H2,1H3/b15-13+. The molecule has 0 aliphatic carbocycles. The molecule has 1 heterocycles. The van der Waals surface area contributed by atoms with Gasteiger partial charge < -0.3 is 9.30 Å². The Morgan fingerprint density at radius 1 is 0.933 bits per heavy atom. The number of benzene rings is 3. The topological polar surface area (TPSA) is 48.3 Å². The molecule has 0 N–H and O–H groups in total. The summed E-state index contributed by atoms with van der Waals surface area (Å²) in [6.07, 6.45) is 5.30. The number of rotatable bonds is 6. The quantitative estimate of drug-likeness (QED) is 0.255. The van der Waals surface area contributed by atoms with Crippen LogP contribution in [0.5, 0.6) is 0 Å². The van der Waals surface area contributed by atoms with E-state index in [-0.39, 0.29) is 5.78 Å². The van der Waals surface area contributed by atoms with Crippen molar-refractivity contribution in [1.29, 1.82) is 0 Å². The van der Waals surface area contributed by atoms with Crippen LogP contribution in [0.2, 0.25) is 0 Å². The van der Waals surface area contributed by atoms with E-state index >= 15 is 0 Å². The SMILES string of the molecule is COC(=O)/C=C/c1ccc2c(c1)c(C(=O)Cc1ccccc1)cn2-c1ccccc1. The lowest BCUT2D eigenvalue weighted by atomic mass is 10.0. The van der Waals surface area contributed by atoms with Crippen LogP contribution in [0.3, 0.4) is 0 Å². The largest absolute Gasteiger partial charge is 0.466 e. The number of ketones is 1. The smallest absolute Gasteiger partial charge is 0.330 e. The Balaban J connectivity index is 1.81. The van der Waals surface area contributed by atoms with Crippen LogP contribution < -0.4 is 0 Å². The van der Waals surface area contributed by atoms with Crippen molar-refractivity contribution in [3.63, 3.8) is 0 Å². The average Bonchev–Trinajstić information content (AvgIpc) is 3.17. The summed E-state index contributed by atoms with van der Waals surface area (Å²) in [6.45, 7) is 0. The molecule has 0 radical (unpaired) electrons. The highest BCUT2D eigenvalue weighted by Crippen LogP contribution is 2.28. The van der Waals surface area contributed by atoms with Gasteiger partial charge in [0.2, 0.25) is 0 Å². The zero-order chi connectivity index (χ0) is 20.9. The van der Waals surface area contributed by atoms with E-state index in [1.54, 1.807) is 6.08 Å². The van der Waals surface area contributed by atoms with Gasteiger partial charge >= 0.3 is 5.97 Å². The van der Waals surface area contributed by atoms with E-state index in [4.69, 9.17) is 0 Å². The van der Waals surface area contributed by atoms with Crippen molar-refractivity contribution in [2.45, 2.75) is 6.42 Å². The highest BCUT2D eigenvalue weighted by Gasteiger charge is 2.16. The van der Waals surface area contributed by atoms with Crippen LogP contribution in [0.15, 0.2) is 91.1 Å². The van der Waals surface area contributed by atoms with E-state index in [9.17, 15) is 9.59 Å². The third kappa shape index (κ3) is 4.08. The van der Waals surface area contributed by atoms with Crippen LogP contribution >= 0.6 is 0 Å². The summed E-state index contributed by atoms with van der Waals surface area (Å²) in [5.41, 5.74) is 4.38. The van der Waals surface area contributed by atoms with Crippen LogP contribution in [0.25, 0.3) is 22.7 Å². The molecular weight excluding hydrogens is 374 g/mol. The highest BCUT2D eigenvalue weighted by molar-refractivity contribution is 6.09. The van der Waals surface area contributed by atoms with Crippen LogP contribution in [0.4, 0.5) is 0 Å². The monoisotopic (exact) mass is 395 g/mol. The van der Waals surface area contributed by atoms with Gasteiger partial charge in [-0.25, -0.2) is 4.79 Å². The number of Topliss-reactive ketones (excluding diaryl/α,β-unsaturated/α-hetero) is 1. The highest BCUT2D eigenvalue weighted by atomic mass is 16.5. The molecule has 4 heteroatoms. The fourth-order valence-electron chi connectivity index (χ4n) is 3.48. The van der Waals surface area contributed by atoms with Gasteiger partial charge in [-0.2, -0.15) is 0 Å². The van der Waals surface area contributed by atoms with Gasteiger partial charge in [0.25, 0.3) is 0 Å². The number of methoxy groups -OCH3 is 1. The lowest BCUT2D eigenvalue weighted by Crippen LogP contribution is -2.03. The van der Waals surface area contributed by atoms with E-state index < -0.39 is 5.97 Å². The fraction of sp³-hybridized carbons (Fsp3) is 0.0769. The number of nitrogens with zero attached hydrogens (tertiary/aromatic N) is 1. The second-order valence-corrected chi connectivity index (χ2v) is 6.97. The van der Waals surface area contributed by atoms with Gasteiger partial charge in [0.05, 0.1) is 12.6 Å². The summed E-state index contributed by atoms with van der Waals surface area (Å²) < 4.78 is 6.69. The first kappa shape index (κ1) is 19.4. The van der Waals surface area contributed by atoms with Gasteiger partial charge in [0.15, 0.2) is 5.78 Å². The van der Waals surface area contributed by atoms with Crippen molar-refractivity contribution in [3.05, 3.63) is 108 Å². The maximum absolute atomic E-state index is 13.2. The molecule has 0 saturated heterocycles. The Morgan fingerprint density at radius 2 is 1.63 bits per heavy atom. The Kier molecular flexibility index (Phi) is 5.57. The first-order chi connectivity index (χ1) is 14.7. The summed E-state index contributed by atoms with van der Waals surface area (Å²) in [7, 11) is 1.34. The number of aromatic nitrogens is 1. The molecule has 1 aromatic heterocycles. The van der Waals surface area contributed by atoms with E-state index in [0.717, 1.165) is 27.7 Å². The number of hydrogen-bond acceptors (Lipinski definition) is 3. The third-order valence-electron chi connectivity index (χ3n) is 4.98. The van der Waals surface area contributed by atoms with Crippen LogP contribution in [-0.2, 0) is 16.0 Å². The minimum Gasteiger partial charge on any atom is -0.466 e. The summed E-state index contributed by atoms with van der Waals surface area (Å²) >= 11 is 0. The molecule has 0 aliphatic heterocycles. The zero-order valence-corrected chi connectivity index (χ0v) is 16.6. The maximum Gasteiger partial charge on any atom is 0.330 e. The van der Waals surface area contributed by atoms with Crippen molar-refractivity contribution < 1.29 is 14.3 Å². The molecular formula is C26H21NO3. The fourth-order valence-corrected chi connectivity index (χ4v) is 3.48. The van der Waals surface area contributed by atoms with Gasteiger partial charge in [-0.15, -0.1) is 0 Å². The van der Waals surface area contributed by atoms with Crippen molar-refractivity contribution in [1.82, 2.24) is 4.57 Å². The van der Waals surface area contributed by atoms with E-state index in [1.807, 2.05) is 89.6 Å². The third-order valence-corrected chi connectivity index (χ3v) is 4.98. The Bertz CT molecular complexity index is 1220. The Labute approximate surface area is 175 Å². The van der Waals surface area contributed by atoms with Crippen LogP contribution in [-0.4, -0.2) is 23.4 Å². The predicted octanol–water partition coefficient (Wildman–Crippen LogP) is 5.24. The molecule has 4 nitrogen and oxygen atoms in total. The second kappa shape index (κ2) is 8.62. The molecule has 4 aromatic rings. The molecule has 0 amide bonds. The molecule has 4 rings (SSSR count). The van der Waals surface area contributed by atoms with Crippen molar-refractivity contribution in [2.75, 3.05) is 7.11 Å². The normalized spacial score (nSPS) is 11.1. The minimum absolute atomic E-state index is 0.0509. The molecule has 0 fully saturated rings. The summed E-state index contributed by atoms with van der Waals surface area (Å²) in [5.74, 6) is -0.368. The molecule has 0 saturated carbocycles. The zero-order valence-electron chi connectivity index (χ0n) is 16.6.